The Morgan fingerprint density at radius 3 is 1.93 bits per heavy atom. The summed E-state index contributed by atoms with van der Waals surface area (Å²) >= 11 is 3.90. The zero-order chi connectivity index (χ0) is 22.1. The van der Waals surface area contributed by atoms with Crippen molar-refractivity contribution in [2.75, 3.05) is 0 Å². The van der Waals surface area contributed by atoms with E-state index < -0.39 is 0 Å². The molecule has 0 fully saturated rings. The van der Waals surface area contributed by atoms with Crippen molar-refractivity contribution in [2.45, 2.75) is 77.4 Å². The zero-order valence-corrected chi connectivity index (χ0v) is 21.4. The number of thioether (sulfide) groups is 1. The molecule has 2 heteroatoms. The van der Waals surface area contributed by atoms with Crippen LogP contribution in [0.15, 0.2) is 58.8 Å². The van der Waals surface area contributed by atoms with Crippen molar-refractivity contribution < 1.29 is 0 Å². The minimum atomic E-state index is 0.187. The van der Waals surface area contributed by atoms with E-state index in [9.17, 15) is 0 Å². The molecule has 0 saturated heterocycles. The summed E-state index contributed by atoms with van der Waals surface area (Å²) in [7, 11) is 0. The minimum absolute atomic E-state index is 0.187. The molecule has 1 atom stereocenters. The SMILES string of the molecule is Cc1cc(SC(CC(C)(C)C)c2cccs2)cc(C)c1-c1ccc(C(C)(C)C)cc1. The number of benzene rings is 2. The van der Waals surface area contributed by atoms with Crippen LogP contribution in [0.4, 0.5) is 0 Å². The third kappa shape index (κ3) is 5.80. The van der Waals surface area contributed by atoms with Crippen molar-refractivity contribution in [3.8, 4) is 11.1 Å². The Hall–Kier alpha value is -1.51. The van der Waals surface area contributed by atoms with Gasteiger partial charge in [-0.15, -0.1) is 23.1 Å². The largest absolute Gasteiger partial charge is 0.148 e. The van der Waals surface area contributed by atoms with Crippen LogP contribution in [-0.4, -0.2) is 0 Å². The first-order valence-corrected chi connectivity index (χ1v) is 12.6. The topological polar surface area (TPSA) is 0 Å². The lowest BCUT2D eigenvalue weighted by molar-refractivity contribution is 0.376. The summed E-state index contributed by atoms with van der Waals surface area (Å²) in [6, 6.07) is 18.4. The van der Waals surface area contributed by atoms with Gasteiger partial charge in [-0.3, -0.25) is 0 Å². The summed E-state index contributed by atoms with van der Waals surface area (Å²) in [6.07, 6.45) is 1.17. The maximum Gasteiger partial charge on any atom is 0.0443 e. The number of hydrogen-bond donors (Lipinski definition) is 0. The van der Waals surface area contributed by atoms with Crippen molar-refractivity contribution in [3.63, 3.8) is 0 Å². The fourth-order valence-electron chi connectivity index (χ4n) is 3.98. The van der Waals surface area contributed by atoms with Crippen LogP contribution in [0, 0.1) is 19.3 Å². The molecule has 2 aromatic carbocycles. The number of rotatable bonds is 5. The van der Waals surface area contributed by atoms with Gasteiger partial charge in [0.15, 0.2) is 0 Å². The minimum Gasteiger partial charge on any atom is -0.148 e. The molecular weight excluding hydrogens is 400 g/mol. The van der Waals surface area contributed by atoms with Gasteiger partial charge in [-0.2, -0.15) is 0 Å². The number of thiophene rings is 1. The van der Waals surface area contributed by atoms with E-state index in [2.05, 4.69) is 109 Å². The summed E-state index contributed by atoms with van der Waals surface area (Å²) in [5, 5.41) is 2.70. The molecule has 0 spiro atoms. The highest BCUT2D eigenvalue weighted by molar-refractivity contribution is 7.99. The van der Waals surface area contributed by atoms with Gasteiger partial charge in [0.2, 0.25) is 0 Å². The first-order valence-electron chi connectivity index (χ1n) is 10.9. The third-order valence-corrected chi connectivity index (χ3v) is 7.83. The molecule has 3 rings (SSSR count). The van der Waals surface area contributed by atoms with Crippen molar-refractivity contribution in [1.82, 2.24) is 0 Å². The summed E-state index contributed by atoms with van der Waals surface area (Å²) in [4.78, 5) is 2.86. The van der Waals surface area contributed by atoms with E-state index in [1.807, 2.05) is 23.1 Å². The zero-order valence-electron chi connectivity index (χ0n) is 19.8. The average molecular weight is 437 g/mol. The first kappa shape index (κ1) is 23.2. The molecular formula is C28H36S2. The van der Waals surface area contributed by atoms with E-state index in [-0.39, 0.29) is 5.41 Å². The van der Waals surface area contributed by atoms with E-state index in [0.717, 1.165) is 0 Å². The van der Waals surface area contributed by atoms with Gasteiger partial charge in [-0.25, -0.2) is 0 Å². The van der Waals surface area contributed by atoms with Crippen LogP contribution in [0.25, 0.3) is 11.1 Å². The molecule has 0 aliphatic heterocycles. The Bertz CT molecular complexity index is 942. The lowest BCUT2D eigenvalue weighted by atomic mass is 9.85. The van der Waals surface area contributed by atoms with E-state index in [0.29, 0.717) is 10.7 Å². The van der Waals surface area contributed by atoms with Gasteiger partial charge >= 0.3 is 0 Å². The quantitative estimate of drug-likeness (QED) is 0.359. The Balaban J connectivity index is 1.90. The standard InChI is InChI=1S/C28H36S2/c1-19-16-23(30-25(18-27(3,4)5)24-10-9-15-29-24)17-20(2)26(19)21-11-13-22(14-12-21)28(6,7)8/h9-17,25H,18H2,1-8H3. The smallest absolute Gasteiger partial charge is 0.0443 e. The monoisotopic (exact) mass is 436 g/mol. The predicted molar refractivity (Wildman–Crippen MR) is 137 cm³/mol. The van der Waals surface area contributed by atoms with Crippen molar-refractivity contribution >= 4 is 23.1 Å². The van der Waals surface area contributed by atoms with Gasteiger partial charge in [-0.05, 0) is 82.5 Å². The second kappa shape index (κ2) is 8.93. The molecule has 1 aromatic heterocycles. The molecule has 0 amide bonds. The van der Waals surface area contributed by atoms with Crippen LogP contribution < -0.4 is 0 Å². The molecule has 0 radical (unpaired) electrons. The number of aryl methyl sites for hydroxylation is 2. The van der Waals surface area contributed by atoms with Gasteiger partial charge < -0.3 is 0 Å². The summed E-state index contributed by atoms with van der Waals surface area (Å²) < 4.78 is 0. The molecule has 0 bridgehead atoms. The Morgan fingerprint density at radius 1 is 0.867 bits per heavy atom. The van der Waals surface area contributed by atoms with Gasteiger partial charge in [0.05, 0.1) is 0 Å². The normalized spacial score (nSPS) is 13.5. The summed E-state index contributed by atoms with van der Waals surface area (Å²) in [6.45, 7) is 18.4. The Labute approximate surface area is 192 Å². The fraction of sp³-hybridized carbons (Fsp3) is 0.429. The fourth-order valence-corrected chi connectivity index (χ4v) is 6.59. The molecule has 3 aromatic rings. The van der Waals surface area contributed by atoms with Crippen molar-refractivity contribution in [3.05, 3.63) is 75.5 Å². The average Bonchev–Trinajstić information content (AvgIpc) is 3.14. The predicted octanol–water partition coefficient (Wildman–Crippen LogP) is 9.60. The van der Waals surface area contributed by atoms with Crippen LogP contribution in [0.2, 0.25) is 0 Å². The Kier molecular flexibility index (Phi) is 6.89. The van der Waals surface area contributed by atoms with Gasteiger partial charge in [0, 0.05) is 15.0 Å². The van der Waals surface area contributed by atoms with Gasteiger partial charge in [-0.1, -0.05) is 71.9 Å². The molecule has 1 heterocycles. The summed E-state index contributed by atoms with van der Waals surface area (Å²) in [5.41, 5.74) is 7.30. The molecule has 1 unspecified atom stereocenters. The maximum absolute atomic E-state index is 2.38. The second-order valence-corrected chi connectivity index (χ2v) is 12.9. The lowest BCUT2D eigenvalue weighted by Gasteiger charge is -2.25. The molecule has 0 aliphatic carbocycles. The van der Waals surface area contributed by atoms with E-state index in [4.69, 9.17) is 0 Å². The van der Waals surface area contributed by atoms with Crippen LogP contribution in [0.3, 0.4) is 0 Å². The first-order chi connectivity index (χ1) is 13.9. The number of hydrogen-bond acceptors (Lipinski definition) is 2. The highest BCUT2D eigenvalue weighted by Crippen LogP contribution is 2.45. The molecule has 160 valence electrons. The highest BCUT2D eigenvalue weighted by Gasteiger charge is 2.23. The van der Waals surface area contributed by atoms with Crippen molar-refractivity contribution in [1.29, 1.82) is 0 Å². The van der Waals surface area contributed by atoms with E-state index in [1.165, 1.54) is 44.0 Å². The molecule has 0 saturated carbocycles. The van der Waals surface area contributed by atoms with Crippen LogP contribution in [0.5, 0.6) is 0 Å². The maximum atomic E-state index is 2.38. The van der Waals surface area contributed by atoms with E-state index in [1.54, 1.807) is 0 Å². The molecule has 0 nitrogen and oxygen atoms in total. The van der Waals surface area contributed by atoms with Crippen LogP contribution in [0.1, 0.15) is 74.8 Å². The Morgan fingerprint density at radius 2 is 1.47 bits per heavy atom. The molecule has 0 N–H and O–H groups in total. The van der Waals surface area contributed by atoms with Crippen LogP contribution >= 0.6 is 23.1 Å². The lowest BCUT2D eigenvalue weighted by Crippen LogP contribution is -2.10. The van der Waals surface area contributed by atoms with Gasteiger partial charge in [0.25, 0.3) is 0 Å². The highest BCUT2D eigenvalue weighted by atomic mass is 32.2. The van der Waals surface area contributed by atoms with Crippen LogP contribution in [-0.2, 0) is 5.41 Å². The molecule has 30 heavy (non-hydrogen) atoms. The third-order valence-electron chi connectivity index (χ3n) is 5.48. The van der Waals surface area contributed by atoms with Gasteiger partial charge in [0.1, 0.15) is 0 Å². The van der Waals surface area contributed by atoms with E-state index >= 15 is 0 Å². The summed E-state index contributed by atoms with van der Waals surface area (Å²) in [5.74, 6) is 0. The molecule has 0 aliphatic rings. The van der Waals surface area contributed by atoms with Crippen molar-refractivity contribution in [2.24, 2.45) is 5.41 Å². The second-order valence-electron chi connectivity index (χ2n) is 10.6.